The standard InChI is InChI=1S/C15H11NO/c17-12-7-11-6-10-5-4-9-2-1-3-13(14(9)10)15(11)16-8-12/h1-3,6-8,17H,4-5H2. The van der Waals surface area contributed by atoms with Crippen molar-refractivity contribution in [3.05, 3.63) is 47.7 Å². The molecule has 1 aromatic heterocycles. The second kappa shape index (κ2) is 2.98. The molecule has 0 bridgehead atoms. The maximum absolute atomic E-state index is 9.52. The van der Waals surface area contributed by atoms with Gasteiger partial charge in [0.1, 0.15) is 5.75 Å². The molecule has 0 unspecified atom stereocenters. The van der Waals surface area contributed by atoms with Crippen LogP contribution in [0, 0.1) is 0 Å². The molecule has 0 atom stereocenters. The van der Waals surface area contributed by atoms with Crippen LogP contribution in [0.5, 0.6) is 5.75 Å². The molecule has 0 radical (unpaired) electrons. The Balaban J connectivity index is 2.30. The van der Waals surface area contributed by atoms with Crippen LogP contribution in [0.2, 0.25) is 0 Å². The van der Waals surface area contributed by atoms with Gasteiger partial charge in [-0.25, -0.2) is 0 Å². The lowest BCUT2D eigenvalue weighted by atomic mass is 10.0. The summed E-state index contributed by atoms with van der Waals surface area (Å²) < 4.78 is 0. The SMILES string of the molecule is Oc1cnc2c(c1)cc1c3c(cccc32)CC1. The van der Waals surface area contributed by atoms with Crippen LogP contribution >= 0.6 is 0 Å². The van der Waals surface area contributed by atoms with Crippen LogP contribution in [0.3, 0.4) is 0 Å². The van der Waals surface area contributed by atoms with Crippen LogP contribution in [-0.2, 0) is 12.8 Å². The minimum absolute atomic E-state index is 0.234. The summed E-state index contributed by atoms with van der Waals surface area (Å²) in [4.78, 5) is 4.37. The number of aromatic nitrogens is 1. The van der Waals surface area contributed by atoms with Crippen LogP contribution in [0.15, 0.2) is 36.5 Å². The van der Waals surface area contributed by atoms with Gasteiger partial charge in [-0.2, -0.15) is 0 Å². The largest absolute Gasteiger partial charge is 0.506 e. The van der Waals surface area contributed by atoms with Gasteiger partial charge in [-0.15, -0.1) is 0 Å². The van der Waals surface area contributed by atoms with Gasteiger partial charge in [-0.3, -0.25) is 4.98 Å². The van der Waals surface area contributed by atoms with E-state index in [1.807, 2.05) is 0 Å². The van der Waals surface area contributed by atoms with Gasteiger partial charge in [0, 0.05) is 10.8 Å². The Bertz CT molecular complexity index is 762. The zero-order valence-corrected chi connectivity index (χ0v) is 9.27. The summed E-state index contributed by atoms with van der Waals surface area (Å²) in [6.45, 7) is 0. The maximum Gasteiger partial charge on any atom is 0.134 e. The van der Waals surface area contributed by atoms with Crippen molar-refractivity contribution in [3.8, 4) is 5.75 Å². The van der Waals surface area contributed by atoms with E-state index in [0.717, 1.165) is 23.7 Å². The number of aryl methyl sites for hydroxylation is 2. The second-order valence-corrected chi connectivity index (χ2v) is 4.64. The van der Waals surface area contributed by atoms with Crippen LogP contribution < -0.4 is 0 Å². The first kappa shape index (κ1) is 8.99. The van der Waals surface area contributed by atoms with Gasteiger partial charge in [-0.1, -0.05) is 18.2 Å². The molecule has 0 amide bonds. The van der Waals surface area contributed by atoms with Crippen molar-refractivity contribution >= 4 is 21.7 Å². The average molecular weight is 221 g/mol. The molecule has 4 rings (SSSR count). The molecule has 2 nitrogen and oxygen atoms in total. The second-order valence-electron chi connectivity index (χ2n) is 4.64. The summed E-state index contributed by atoms with van der Waals surface area (Å²) in [6.07, 6.45) is 3.74. The lowest BCUT2D eigenvalue weighted by molar-refractivity contribution is 0.474. The Morgan fingerprint density at radius 3 is 2.88 bits per heavy atom. The Hall–Kier alpha value is -2.09. The molecule has 0 spiro atoms. The quantitative estimate of drug-likeness (QED) is 0.591. The van der Waals surface area contributed by atoms with Gasteiger partial charge in [0.25, 0.3) is 0 Å². The summed E-state index contributed by atoms with van der Waals surface area (Å²) in [5.74, 6) is 0.234. The Morgan fingerprint density at radius 1 is 1.06 bits per heavy atom. The first-order chi connectivity index (χ1) is 8.33. The van der Waals surface area contributed by atoms with E-state index in [1.165, 1.54) is 28.1 Å². The third-order valence-electron chi connectivity index (χ3n) is 3.62. The molecule has 1 aliphatic rings. The number of benzene rings is 2. The highest BCUT2D eigenvalue weighted by molar-refractivity contribution is 6.09. The highest BCUT2D eigenvalue weighted by Gasteiger charge is 2.16. The van der Waals surface area contributed by atoms with Crippen molar-refractivity contribution in [3.63, 3.8) is 0 Å². The third kappa shape index (κ3) is 1.12. The lowest BCUT2D eigenvalue weighted by Crippen LogP contribution is -1.85. The molecule has 2 heteroatoms. The number of hydrogen-bond acceptors (Lipinski definition) is 2. The van der Waals surface area contributed by atoms with Crippen LogP contribution in [0.25, 0.3) is 21.7 Å². The fourth-order valence-electron chi connectivity index (χ4n) is 2.92. The van der Waals surface area contributed by atoms with Crippen molar-refractivity contribution in [1.82, 2.24) is 4.98 Å². The van der Waals surface area contributed by atoms with Crippen LogP contribution in [-0.4, -0.2) is 10.1 Å². The zero-order chi connectivity index (χ0) is 11.4. The fraction of sp³-hybridized carbons (Fsp3) is 0.133. The number of rotatable bonds is 0. The van der Waals surface area contributed by atoms with E-state index in [9.17, 15) is 5.11 Å². The minimum atomic E-state index is 0.234. The predicted octanol–water partition coefficient (Wildman–Crippen LogP) is 3.19. The molecule has 1 N–H and O–H groups in total. The first-order valence-corrected chi connectivity index (χ1v) is 5.85. The molecular formula is C15H11NO. The summed E-state index contributed by atoms with van der Waals surface area (Å²) in [7, 11) is 0. The molecule has 0 saturated heterocycles. The predicted molar refractivity (Wildman–Crippen MR) is 68.3 cm³/mol. The van der Waals surface area contributed by atoms with Gasteiger partial charge in [0.2, 0.25) is 0 Å². The highest BCUT2D eigenvalue weighted by Crippen LogP contribution is 2.35. The Labute approximate surface area is 98.5 Å². The molecule has 0 fully saturated rings. The first-order valence-electron chi connectivity index (χ1n) is 5.85. The molecule has 82 valence electrons. The molecule has 2 aromatic carbocycles. The van der Waals surface area contributed by atoms with Crippen molar-refractivity contribution < 1.29 is 5.11 Å². The van der Waals surface area contributed by atoms with E-state index >= 15 is 0 Å². The van der Waals surface area contributed by atoms with E-state index in [4.69, 9.17) is 0 Å². The van der Waals surface area contributed by atoms with E-state index in [-0.39, 0.29) is 5.75 Å². The van der Waals surface area contributed by atoms with E-state index in [0.29, 0.717) is 0 Å². The lowest BCUT2D eigenvalue weighted by Gasteiger charge is -2.06. The molecule has 0 aliphatic heterocycles. The number of fused-ring (bicyclic) bond motifs is 2. The smallest absolute Gasteiger partial charge is 0.134 e. The van der Waals surface area contributed by atoms with Gasteiger partial charge >= 0.3 is 0 Å². The molecule has 1 aliphatic carbocycles. The number of aromatic hydroxyl groups is 1. The zero-order valence-electron chi connectivity index (χ0n) is 9.27. The topological polar surface area (TPSA) is 33.1 Å². The van der Waals surface area contributed by atoms with Crippen molar-refractivity contribution in [2.75, 3.05) is 0 Å². The fourth-order valence-corrected chi connectivity index (χ4v) is 2.92. The minimum Gasteiger partial charge on any atom is -0.506 e. The summed E-state index contributed by atoms with van der Waals surface area (Å²) in [6, 6.07) is 10.4. The summed E-state index contributed by atoms with van der Waals surface area (Å²) in [5.41, 5.74) is 3.80. The van der Waals surface area contributed by atoms with E-state index in [2.05, 4.69) is 29.2 Å². The Kier molecular flexibility index (Phi) is 1.57. The monoisotopic (exact) mass is 221 g/mol. The molecule has 0 saturated carbocycles. The summed E-state index contributed by atoms with van der Waals surface area (Å²) >= 11 is 0. The molecule has 1 heterocycles. The normalized spacial score (nSPS) is 13.6. The highest BCUT2D eigenvalue weighted by atomic mass is 16.3. The molecule has 3 aromatic rings. The van der Waals surface area contributed by atoms with Gasteiger partial charge in [-0.05, 0) is 41.5 Å². The Morgan fingerprint density at radius 2 is 1.94 bits per heavy atom. The van der Waals surface area contributed by atoms with Crippen LogP contribution in [0.4, 0.5) is 0 Å². The maximum atomic E-state index is 9.52. The molecular weight excluding hydrogens is 210 g/mol. The van der Waals surface area contributed by atoms with Crippen molar-refractivity contribution in [2.24, 2.45) is 0 Å². The van der Waals surface area contributed by atoms with Crippen molar-refractivity contribution in [1.29, 1.82) is 0 Å². The van der Waals surface area contributed by atoms with Gasteiger partial charge < -0.3 is 5.11 Å². The van der Waals surface area contributed by atoms with Gasteiger partial charge in [0.05, 0.1) is 11.7 Å². The number of pyridine rings is 1. The average Bonchev–Trinajstić information content (AvgIpc) is 2.74. The van der Waals surface area contributed by atoms with Crippen molar-refractivity contribution in [2.45, 2.75) is 12.8 Å². The number of nitrogens with zero attached hydrogens (tertiary/aromatic N) is 1. The number of hydrogen-bond donors (Lipinski definition) is 1. The third-order valence-corrected chi connectivity index (χ3v) is 3.62. The van der Waals surface area contributed by atoms with Crippen LogP contribution in [0.1, 0.15) is 11.1 Å². The molecule has 17 heavy (non-hydrogen) atoms. The van der Waals surface area contributed by atoms with Gasteiger partial charge in [0.15, 0.2) is 0 Å². The van der Waals surface area contributed by atoms with E-state index < -0.39 is 0 Å². The summed E-state index contributed by atoms with van der Waals surface area (Å²) in [5, 5.41) is 13.1. The van der Waals surface area contributed by atoms with E-state index in [1.54, 1.807) is 6.07 Å².